The lowest BCUT2D eigenvalue weighted by Crippen LogP contribution is -2.47. The van der Waals surface area contributed by atoms with Gasteiger partial charge in [0.2, 0.25) is 11.5 Å². The number of hydrogen-bond donors (Lipinski definition) is 2. The molecule has 0 fully saturated rings. The number of nitrogens with zero attached hydrogens (tertiary/aromatic N) is 2. The number of nitrogens with one attached hydrogen (secondary N) is 1. The van der Waals surface area contributed by atoms with Gasteiger partial charge in [-0.2, -0.15) is 13.2 Å². The minimum atomic E-state index is -5.05. The predicted molar refractivity (Wildman–Crippen MR) is 93.6 cm³/mol. The van der Waals surface area contributed by atoms with Crippen LogP contribution in [0.1, 0.15) is 17.8 Å². The number of imidazole rings is 1. The van der Waals surface area contributed by atoms with Gasteiger partial charge in [-0.05, 0) is 22.4 Å². The van der Waals surface area contributed by atoms with Gasteiger partial charge in [0.15, 0.2) is 5.82 Å². The highest BCUT2D eigenvalue weighted by Crippen LogP contribution is 2.40. The molecule has 2 aromatic carbocycles. The van der Waals surface area contributed by atoms with Crippen LogP contribution in [0, 0.1) is 0 Å². The van der Waals surface area contributed by atoms with Crippen LogP contribution in [0.15, 0.2) is 54.9 Å². The lowest BCUT2D eigenvalue weighted by Gasteiger charge is -2.29. The van der Waals surface area contributed by atoms with Crippen LogP contribution < -0.4 is 5.32 Å². The first-order chi connectivity index (χ1) is 12.7. The van der Waals surface area contributed by atoms with E-state index < -0.39 is 29.9 Å². The Bertz CT molecular complexity index is 968. The maximum absolute atomic E-state index is 13.5. The number of rotatable bonds is 5. The molecule has 0 bridgehead atoms. The number of fused-ring (bicyclic) bond motifs is 1. The Morgan fingerprint density at radius 1 is 1.19 bits per heavy atom. The van der Waals surface area contributed by atoms with E-state index in [-0.39, 0.29) is 6.54 Å². The van der Waals surface area contributed by atoms with Crippen LogP contribution in [0.5, 0.6) is 0 Å². The Morgan fingerprint density at radius 3 is 2.52 bits per heavy atom. The summed E-state index contributed by atoms with van der Waals surface area (Å²) >= 11 is 0. The minimum absolute atomic E-state index is 0.0537. The molecule has 1 amide bonds. The van der Waals surface area contributed by atoms with Gasteiger partial charge in [-0.1, -0.05) is 36.4 Å². The molecule has 3 rings (SSSR count). The van der Waals surface area contributed by atoms with Gasteiger partial charge in [-0.25, -0.2) is 4.98 Å². The Morgan fingerprint density at radius 2 is 1.89 bits per heavy atom. The number of carbonyl (C=O) groups excluding carboxylic acids is 1. The standard InChI is InChI=1S/C19H18F3N3O2/c1-25-9-8-23-17(25)18(27,19(20,21)22)11-16(26)24-12-13-6-7-14-4-2-3-5-15(14)10-13/h2-10,27H,11-12H2,1H3,(H,24,26). The molecule has 0 saturated carbocycles. The SMILES string of the molecule is Cn1ccnc1C(O)(CC(=O)NCc1ccc2ccccc2c1)C(F)(F)F. The van der Waals surface area contributed by atoms with Crippen LogP contribution in [-0.4, -0.2) is 26.7 Å². The number of amides is 1. The third kappa shape index (κ3) is 3.80. The second kappa shape index (κ2) is 7.03. The topological polar surface area (TPSA) is 67.1 Å². The van der Waals surface area contributed by atoms with Crippen LogP contribution >= 0.6 is 0 Å². The molecule has 1 unspecified atom stereocenters. The first kappa shape index (κ1) is 18.9. The average Bonchev–Trinajstić information content (AvgIpc) is 3.05. The molecule has 3 aromatic rings. The lowest BCUT2D eigenvalue weighted by molar-refractivity contribution is -0.271. The third-order valence-corrected chi connectivity index (χ3v) is 4.38. The van der Waals surface area contributed by atoms with E-state index in [1.165, 1.54) is 13.2 Å². The molecule has 27 heavy (non-hydrogen) atoms. The molecule has 8 heteroatoms. The van der Waals surface area contributed by atoms with Crippen molar-refractivity contribution in [1.29, 1.82) is 0 Å². The fourth-order valence-electron chi connectivity index (χ4n) is 2.91. The summed E-state index contributed by atoms with van der Waals surface area (Å²) < 4.78 is 41.4. The fraction of sp³-hybridized carbons (Fsp3) is 0.263. The molecule has 1 heterocycles. The Labute approximate surface area is 153 Å². The Balaban J connectivity index is 1.73. The van der Waals surface area contributed by atoms with Crippen LogP contribution in [0.2, 0.25) is 0 Å². The second-order valence-electron chi connectivity index (χ2n) is 6.35. The summed E-state index contributed by atoms with van der Waals surface area (Å²) in [5.41, 5.74) is -2.62. The van der Waals surface area contributed by atoms with E-state index in [1.54, 1.807) is 6.07 Å². The largest absolute Gasteiger partial charge is 0.425 e. The molecule has 0 spiro atoms. The highest BCUT2D eigenvalue weighted by atomic mass is 19.4. The highest BCUT2D eigenvalue weighted by molar-refractivity contribution is 5.83. The molecule has 0 aliphatic rings. The highest BCUT2D eigenvalue weighted by Gasteiger charge is 2.58. The van der Waals surface area contributed by atoms with Crippen LogP contribution in [-0.2, 0) is 24.0 Å². The smallest absolute Gasteiger partial charge is 0.374 e. The zero-order valence-electron chi connectivity index (χ0n) is 14.5. The van der Waals surface area contributed by atoms with E-state index in [2.05, 4.69) is 10.3 Å². The van der Waals surface area contributed by atoms with Crippen LogP contribution in [0.3, 0.4) is 0 Å². The maximum Gasteiger partial charge on any atom is 0.425 e. The summed E-state index contributed by atoms with van der Waals surface area (Å²) in [6, 6.07) is 13.1. The second-order valence-corrected chi connectivity index (χ2v) is 6.35. The van der Waals surface area contributed by atoms with Gasteiger partial charge >= 0.3 is 6.18 Å². The Kier molecular flexibility index (Phi) is 4.93. The van der Waals surface area contributed by atoms with Crippen molar-refractivity contribution in [1.82, 2.24) is 14.9 Å². The number of hydrogen-bond acceptors (Lipinski definition) is 3. The van der Waals surface area contributed by atoms with Crippen molar-refractivity contribution in [2.24, 2.45) is 7.05 Å². The van der Waals surface area contributed by atoms with E-state index in [0.29, 0.717) is 0 Å². The van der Waals surface area contributed by atoms with Gasteiger partial charge in [0.1, 0.15) is 0 Å². The molecular weight excluding hydrogens is 359 g/mol. The summed E-state index contributed by atoms with van der Waals surface area (Å²) in [7, 11) is 1.33. The van der Waals surface area contributed by atoms with Gasteiger partial charge in [0.05, 0.1) is 6.42 Å². The van der Waals surface area contributed by atoms with Crippen molar-refractivity contribution in [2.75, 3.05) is 0 Å². The van der Waals surface area contributed by atoms with E-state index in [9.17, 15) is 23.1 Å². The molecule has 2 N–H and O–H groups in total. The van der Waals surface area contributed by atoms with Gasteiger partial charge in [0, 0.05) is 26.0 Å². The molecule has 0 radical (unpaired) electrons. The molecule has 0 aliphatic carbocycles. The first-order valence-corrected chi connectivity index (χ1v) is 8.22. The molecule has 0 aliphatic heterocycles. The van der Waals surface area contributed by atoms with E-state index in [0.717, 1.165) is 27.1 Å². The minimum Gasteiger partial charge on any atom is -0.374 e. The normalized spacial score (nSPS) is 14.1. The maximum atomic E-state index is 13.5. The molecule has 1 atom stereocenters. The van der Waals surface area contributed by atoms with E-state index >= 15 is 0 Å². The molecule has 0 saturated heterocycles. The first-order valence-electron chi connectivity index (χ1n) is 8.22. The van der Waals surface area contributed by atoms with Gasteiger partial charge in [-0.3, -0.25) is 4.79 Å². The van der Waals surface area contributed by atoms with Gasteiger partial charge < -0.3 is 15.0 Å². The lowest BCUT2D eigenvalue weighted by atomic mass is 9.97. The average molecular weight is 377 g/mol. The number of aromatic nitrogens is 2. The molecular formula is C19H18F3N3O2. The number of aliphatic hydroxyl groups is 1. The van der Waals surface area contributed by atoms with Crippen molar-refractivity contribution >= 4 is 16.7 Å². The number of halogens is 3. The number of carbonyl (C=O) groups is 1. The number of benzene rings is 2. The summed E-state index contributed by atoms with van der Waals surface area (Å²) in [6.07, 6.45) is -3.81. The van der Waals surface area contributed by atoms with E-state index in [1.807, 2.05) is 36.4 Å². The molecule has 1 aromatic heterocycles. The zero-order chi connectivity index (χ0) is 19.7. The number of alkyl halides is 3. The summed E-state index contributed by atoms with van der Waals surface area (Å²) in [5.74, 6) is -1.55. The van der Waals surface area contributed by atoms with Gasteiger partial charge in [0.25, 0.3) is 0 Å². The predicted octanol–water partition coefficient (Wildman–Crippen LogP) is 3.03. The van der Waals surface area contributed by atoms with Crippen molar-refractivity contribution in [3.8, 4) is 0 Å². The summed E-state index contributed by atoms with van der Waals surface area (Å²) in [6.45, 7) is 0.0537. The van der Waals surface area contributed by atoms with Crippen molar-refractivity contribution in [3.05, 3.63) is 66.2 Å². The summed E-state index contributed by atoms with van der Waals surface area (Å²) in [5, 5.41) is 14.6. The van der Waals surface area contributed by atoms with Crippen LogP contribution in [0.4, 0.5) is 13.2 Å². The fourth-order valence-corrected chi connectivity index (χ4v) is 2.91. The Hall–Kier alpha value is -2.87. The molecule has 142 valence electrons. The van der Waals surface area contributed by atoms with Crippen molar-refractivity contribution in [3.63, 3.8) is 0 Å². The molecule has 5 nitrogen and oxygen atoms in total. The summed E-state index contributed by atoms with van der Waals surface area (Å²) in [4.78, 5) is 15.7. The van der Waals surface area contributed by atoms with E-state index in [4.69, 9.17) is 0 Å². The third-order valence-electron chi connectivity index (χ3n) is 4.38. The van der Waals surface area contributed by atoms with Crippen LogP contribution in [0.25, 0.3) is 10.8 Å². The number of aryl methyl sites for hydroxylation is 1. The van der Waals surface area contributed by atoms with Crippen molar-refractivity contribution < 1.29 is 23.1 Å². The quantitative estimate of drug-likeness (QED) is 0.718. The van der Waals surface area contributed by atoms with Crippen molar-refractivity contribution in [2.45, 2.75) is 24.7 Å². The monoisotopic (exact) mass is 377 g/mol. The van der Waals surface area contributed by atoms with Gasteiger partial charge in [-0.15, -0.1) is 0 Å². The zero-order valence-corrected chi connectivity index (χ0v) is 14.5.